The highest BCUT2D eigenvalue weighted by molar-refractivity contribution is 5.77. The monoisotopic (exact) mass is 500 g/mol. The van der Waals surface area contributed by atoms with Crippen LogP contribution in [-0.4, -0.2) is 13.2 Å². The first-order chi connectivity index (χ1) is 16.5. The van der Waals surface area contributed by atoms with E-state index in [0.717, 1.165) is 30.3 Å². The van der Waals surface area contributed by atoms with Crippen LogP contribution in [0.4, 0.5) is 30.7 Å². The van der Waals surface area contributed by atoms with Gasteiger partial charge in [-0.2, -0.15) is 17.6 Å². The summed E-state index contributed by atoms with van der Waals surface area (Å²) in [6.07, 6.45) is 0. The Kier molecular flexibility index (Phi) is 6.33. The predicted octanol–water partition coefficient (Wildman–Crippen LogP) is 7.34. The second kappa shape index (κ2) is 8.98. The van der Waals surface area contributed by atoms with Gasteiger partial charge < -0.3 is 14.2 Å². The average molecular weight is 500 g/mol. The normalized spacial score (nSPS) is 15.2. The summed E-state index contributed by atoms with van der Waals surface area (Å²) >= 11 is 0. The highest BCUT2D eigenvalue weighted by Gasteiger charge is 2.65. The number of alkyl halides is 4. The summed E-state index contributed by atoms with van der Waals surface area (Å²) in [7, 11) is 0. The van der Waals surface area contributed by atoms with E-state index < -0.39 is 69.5 Å². The minimum atomic E-state index is -5.09. The van der Waals surface area contributed by atoms with E-state index in [1.54, 1.807) is 6.92 Å². The van der Waals surface area contributed by atoms with Crippen LogP contribution in [0.3, 0.4) is 0 Å². The van der Waals surface area contributed by atoms with Crippen LogP contribution in [-0.2, 0) is 18.5 Å². The molecule has 0 spiro atoms. The van der Waals surface area contributed by atoms with E-state index in [4.69, 9.17) is 14.2 Å². The molecule has 3 nitrogen and oxygen atoms in total. The van der Waals surface area contributed by atoms with Crippen LogP contribution in [0.25, 0.3) is 11.1 Å². The third-order valence-electron chi connectivity index (χ3n) is 5.54. The molecule has 10 heteroatoms. The molecule has 0 fully saturated rings. The lowest BCUT2D eigenvalue weighted by atomic mass is 9.79. The van der Waals surface area contributed by atoms with E-state index in [1.165, 1.54) is 19.1 Å². The largest absolute Gasteiger partial charge is 0.494 e. The lowest BCUT2D eigenvalue weighted by molar-refractivity contribution is -0.228. The summed E-state index contributed by atoms with van der Waals surface area (Å²) in [5, 5.41) is 0. The molecule has 0 heterocycles. The number of rotatable bonds is 7. The molecule has 186 valence electrons. The molecule has 1 aliphatic carbocycles. The van der Waals surface area contributed by atoms with Crippen molar-refractivity contribution < 1.29 is 44.9 Å². The molecule has 0 unspecified atom stereocenters. The minimum Gasteiger partial charge on any atom is -0.494 e. The molecule has 3 aromatic rings. The predicted molar refractivity (Wildman–Crippen MR) is 113 cm³/mol. The van der Waals surface area contributed by atoms with Gasteiger partial charge in [-0.1, -0.05) is 12.1 Å². The first-order valence-corrected chi connectivity index (χ1v) is 10.6. The molecule has 1 aliphatic rings. The van der Waals surface area contributed by atoms with Gasteiger partial charge in [0.25, 0.3) is 0 Å². The molecule has 0 aromatic heterocycles. The molecule has 0 amide bonds. The summed E-state index contributed by atoms with van der Waals surface area (Å²) in [4.78, 5) is 0. The van der Waals surface area contributed by atoms with Gasteiger partial charge in [0, 0.05) is 11.6 Å². The van der Waals surface area contributed by atoms with Crippen molar-refractivity contribution in [2.45, 2.75) is 32.3 Å². The Bertz CT molecular complexity index is 1270. The zero-order valence-corrected chi connectivity index (χ0v) is 18.5. The Morgan fingerprint density at radius 1 is 0.657 bits per heavy atom. The van der Waals surface area contributed by atoms with Gasteiger partial charge in [-0.25, -0.2) is 13.2 Å². The second-order valence-corrected chi connectivity index (χ2v) is 7.66. The van der Waals surface area contributed by atoms with Gasteiger partial charge in [0.2, 0.25) is 0 Å². The maximum Gasteiger partial charge on any atom is 0.343 e. The van der Waals surface area contributed by atoms with Crippen LogP contribution in [0.5, 0.6) is 17.2 Å². The Balaban J connectivity index is 1.76. The van der Waals surface area contributed by atoms with Crippen LogP contribution in [0.15, 0.2) is 42.5 Å². The highest BCUT2D eigenvalue weighted by atomic mass is 19.3. The first-order valence-electron chi connectivity index (χ1n) is 10.6. The molecule has 0 saturated heterocycles. The van der Waals surface area contributed by atoms with Gasteiger partial charge in [0.05, 0.1) is 24.3 Å². The Morgan fingerprint density at radius 3 is 1.83 bits per heavy atom. The van der Waals surface area contributed by atoms with Gasteiger partial charge in [0.15, 0.2) is 23.1 Å². The Labute approximate surface area is 196 Å². The van der Waals surface area contributed by atoms with Crippen molar-refractivity contribution in [3.8, 4) is 28.4 Å². The zero-order chi connectivity index (χ0) is 25.5. The Hall–Kier alpha value is -3.43. The van der Waals surface area contributed by atoms with Crippen molar-refractivity contribution in [2.75, 3.05) is 13.2 Å². The first kappa shape index (κ1) is 24.7. The van der Waals surface area contributed by atoms with Gasteiger partial charge in [-0.3, -0.25) is 0 Å². The van der Waals surface area contributed by atoms with Gasteiger partial charge in [-0.15, -0.1) is 0 Å². The topological polar surface area (TPSA) is 27.7 Å². The van der Waals surface area contributed by atoms with Crippen LogP contribution in [0.2, 0.25) is 0 Å². The van der Waals surface area contributed by atoms with Gasteiger partial charge in [-0.05, 0) is 49.2 Å². The van der Waals surface area contributed by atoms with E-state index >= 15 is 13.2 Å². The van der Waals surface area contributed by atoms with Crippen molar-refractivity contribution in [3.05, 3.63) is 76.6 Å². The molecule has 0 saturated carbocycles. The fourth-order valence-corrected chi connectivity index (χ4v) is 3.94. The van der Waals surface area contributed by atoms with E-state index in [2.05, 4.69) is 0 Å². The Morgan fingerprint density at radius 2 is 1.23 bits per heavy atom. The summed E-state index contributed by atoms with van der Waals surface area (Å²) < 4.78 is 119. The van der Waals surface area contributed by atoms with Crippen molar-refractivity contribution in [3.63, 3.8) is 0 Å². The zero-order valence-electron chi connectivity index (χ0n) is 18.5. The summed E-state index contributed by atoms with van der Waals surface area (Å²) in [5.41, 5.74) is -4.85. The summed E-state index contributed by atoms with van der Waals surface area (Å²) in [6, 6.07) is 7.64. The molecule has 0 radical (unpaired) electrons. The molecule has 3 aromatic carbocycles. The second-order valence-electron chi connectivity index (χ2n) is 7.66. The average Bonchev–Trinajstić information content (AvgIpc) is 2.79. The fourth-order valence-electron chi connectivity index (χ4n) is 3.94. The van der Waals surface area contributed by atoms with Crippen LogP contribution < -0.4 is 14.2 Å². The summed E-state index contributed by atoms with van der Waals surface area (Å²) in [5.74, 6) is -15.0. The third-order valence-corrected chi connectivity index (χ3v) is 5.54. The van der Waals surface area contributed by atoms with E-state index in [9.17, 15) is 17.6 Å². The quantitative estimate of drug-likeness (QED) is 0.318. The van der Waals surface area contributed by atoms with Crippen molar-refractivity contribution in [1.82, 2.24) is 0 Å². The molecule has 0 atom stereocenters. The van der Waals surface area contributed by atoms with Gasteiger partial charge >= 0.3 is 11.8 Å². The maximum atomic E-state index is 15.2. The number of hydrogen-bond acceptors (Lipinski definition) is 3. The molecule has 4 rings (SSSR count). The number of fused-ring (bicyclic) bond motifs is 3. The third kappa shape index (κ3) is 3.94. The smallest absolute Gasteiger partial charge is 0.343 e. The number of halogens is 7. The number of ether oxygens (including phenoxy) is 3. The number of benzene rings is 3. The molecular formula is C25H19F7O3. The lowest BCUT2D eigenvalue weighted by Crippen LogP contribution is -2.41. The van der Waals surface area contributed by atoms with Crippen molar-refractivity contribution >= 4 is 0 Å². The molecule has 0 bridgehead atoms. The lowest BCUT2D eigenvalue weighted by Gasteiger charge is -2.35. The molecule has 35 heavy (non-hydrogen) atoms. The standard InChI is InChI=1S/C25H19F7O3/c1-3-33-14-6-9-18(17(26)11-14)35-12-13-5-7-15-16-8-10-19(34-4-2)23(28)21(16)25(31,32)24(29,30)20(15)22(13)27/h5-11H,3-4,12H2,1-2H3. The molecule has 0 aliphatic heterocycles. The maximum absolute atomic E-state index is 15.2. The minimum absolute atomic E-state index is 0.0821. The number of hydrogen-bond donors (Lipinski definition) is 0. The highest BCUT2D eigenvalue weighted by Crippen LogP contribution is 2.60. The van der Waals surface area contributed by atoms with E-state index in [1.807, 2.05) is 0 Å². The fraction of sp³-hybridized carbons (Fsp3) is 0.280. The molecule has 0 N–H and O–H groups in total. The van der Waals surface area contributed by atoms with Crippen LogP contribution in [0.1, 0.15) is 30.5 Å². The van der Waals surface area contributed by atoms with E-state index in [0.29, 0.717) is 6.61 Å². The van der Waals surface area contributed by atoms with Crippen molar-refractivity contribution in [1.29, 1.82) is 0 Å². The van der Waals surface area contributed by atoms with Crippen molar-refractivity contribution in [2.24, 2.45) is 0 Å². The summed E-state index contributed by atoms with van der Waals surface area (Å²) in [6.45, 7) is 2.65. The molecular weight excluding hydrogens is 481 g/mol. The van der Waals surface area contributed by atoms with E-state index in [-0.39, 0.29) is 18.1 Å². The van der Waals surface area contributed by atoms with Gasteiger partial charge in [0.1, 0.15) is 18.2 Å². The SMILES string of the molecule is CCOc1ccc(OCc2ccc3c(c2F)C(F)(F)C(F)(F)c2c-3ccc(OCC)c2F)c(F)c1. The van der Waals surface area contributed by atoms with Crippen LogP contribution >= 0.6 is 0 Å². The van der Waals surface area contributed by atoms with Crippen LogP contribution in [0, 0.1) is 17.5 Å².